The molecular formula is C23H23N4+. The van der Waals surface area contributed by atoms with Crippen LogP contribution in [-0.2, 0) is 0 Å². The second-order valence-corrected chi connectivity index (χ2v) is 7.24. The Kier molecular flexibility index (Phi) is 4.18. The lowest BCUT2D eigenvalue weighted by Gasteiger charge is -2.34. The first-order valence-electron chi connectivity index (χ1n) is 9.62. The number of fused-ring (bicyclic) bond motifs is 3. The Balaban J connectivity index is 1.33. The molecule has 1 N–H and O–H groups in total. The van der Waals surface area contributed by atoms with Gasteiger partial charge in [0.2, 0.25) is 0 Å². The van der Waals surface area contributed by atoms with Crippen LogP contribution in [0.3, 0.4) is 0 Å². The maximum atomic E-state index is 4.67. The number of hydrogen-bond donors (Lipinski definition) is 1. The number of nitrogens with zero attached hydrogens (tertiary/aromatic N) is 3. The molecule has 0 unspecified atom stereocenters. The first-order chi connectivity index (χ1) is 13.4. The topological polar surface area (TPSA) is 32.9 Å². The van der Waals surface area contributed by atoms with E-state index in [0.717, 1.165) is 31.7 Å². The highest BCUT2D eigenvalue weighted by Crippen LogP contribution is 2.41. The summed E-state index contributed by atoms with van der Waals surface area (Å²) in [6, 6.07) is 22.2. The Labute approximate surface area is 159 Å². The van der Waals surface area contributed by atoms with E-state index in [0.29, 0.717) is 6.04 Å². The third kappa shape index (κ3) is 3.02. The van der Waals surface area contributed by atoms with Gasteiger partial charge in [-0.15, -0.1) is 0 Å². The zero-order valence-electron chi connectivity index (χ0n) is 15.3. The highest BCUT2D eigenvalue weighted by Gasteiger charge is 2.37. The number of hydrazone groups is 1. The van der Waals surface area contributed by atoms with Gasteiger partial charge in [0.15, 0.2) is 0 Å². The molecule has 0 atom stereocenters. The van der Waals surface area contributed by atoms with Crippen LogP contribution in [0.25, 0.3) is 11.1 Å². The van der Waals surface area contributed by atoms with Gasteiger partial charge in [0.25, 0.3) is 0 Å². The van der Waals surface area contributed by atoms with E-state index in [1.54, 1.807) is 17.3 Å². The van der Waals surface area contributed by atoms with E-state index in [4.69, 9.17) is 0 Å². The molecule has 2 aliphatic rings. The molecule has 1 aromatic heterocycles. The molecule has 3 aromatic rings. The predicted octanol–water partition coefficient (Wildman–Crippen LogP) is 2.39. The molecule has 0 bridgehead atoms. The van der Waals surface area contributed by atoms with E-state index in [1.807, 2.05) is 18.3 Å². The number of piperazine rings is 1. The summed E-state index contributed by atoms with van der Waals surface area (Å²) in [5, 5.41) is 6.86. The molecule has 0 radical (unpaired) electrons. The molecule has 1 saturated heterocycles. The van der Waals surface area contributed by atoms with E-state index in [2.05, 4.69) is 63.6 Å². The zero-order valence-corrected chi connectivity index (χ0v) is 15.3. The van der Waals surface area contributed by atoms with E-state index in [-0.39, 0.29) is 0 Å². The molecule has 4 nitrogen and oxygen atoms in total. The van der Waals surface area contributed by atoms with Crippen molar-refractivity contribution in [3.05, 3.63) is 89.7 Å². The molecule has 0 spiro atoms. The SMILES string of the molecule is C(=N\N1CC[NH+](C2c3ccccc3-c3ccccc32)CC1)/c1ccncc1. The summed E-state index contributed by atoms with van der Waals surface area (Å²) in [7, 11) is 0. The molecule has 0 saturated carbocycles. The van der Waals surface area contributed by atoms with Gasteiger partial charge in [-0.1, -0.05) is 48.5 Å². The molecule has 1 fully saturated rings. The van der Waals surface area contributed by atoms with E-state index < -0.39 is 0 Å². The lowest BCUT2D eigenvalue weighted by atomic mass is 10.0. The summed E-state index contributed by atoms with van der Waals surface area (Å²) in [5.41, 5.74) is 6.86. The average molecular weight is 355 g/mol. The number of hydrogen-bond acceptors (Lipinski definition) is 3. The monoisotopic (exact) mass is 355 g/mol. The van der Waals surface area contributed by atoms with Crippen molar-refractivity contribution in [2.75, 3.05) is 26.2 Å². The predicted molar refractivity (Wildman–Crippen MR) is 108 cm³/mol. The van der Waals surface area contributed by atoms with Gasteiger partial charge in [-0.25, -0.2) is 0 Å². The minimum Gasteiger partial charge on any atom is -0.322 e. The van der Waals surface area contributed by atoms with E-state index >= 15 is 0 Å². The van der Waals surface area contributed by atoms with Crippen molar-refractivity contribution in [1.82, 2.24) is 9.99 Å². The summed E-state index contributed by atoms with van der Waals surface area (Å²) in [4.78, 5) is 5.69. The fourth-order valence-electron chi connectivity index (χ4n) is 4.38. The summed E-state index contributed by atoms with van der Waals surface area (Å²) in [6.45, 7) is 4.16. The Hall–Kier alpha value is -2.98. The molecule has 134 valence electrons. The minimum atomic E-state index is 0.448. The quantitative estimate of drug-likeness (QED) is 0.732. The lowest BCUT2D eigenvalue weighted by Crippen LogP contribution is -3.14. The highest BCUT2D eigenvalue weighted by molar-refractivity contribution is 5.79. The van der Waals surface area contributed by atoms with Crippen LogP contribution in [0.2, 0.25) is 0 Å². The van der Waals surface area contributed by atoms with Crippen molar-refractivity contribution in [3.8, 4) is 11.1 Å². The Bertz CT molecular complexity index is 913. The van der Waals surface area contributed by atoms with Crippen molar-refractivity contribution >= 4 is 6.21 Å². The number of pyridine rings is 1. The third-order valence-electron chi connectivity index (χ3n) is 5.70. The minimum absolute atomic E-state index is 0.448. The van der Waals surface area contributed by atoms with Crippen molar-refractivity contribution in [2.45, 2.75) is 6.04 Å². The molecule has 4 heteroatoms. The van der Waals surface area contributed by atoms with Crippen LogP contribution in [0.4, 0.5) is 0 Å². The summed E-state index contributed by atoms with van der Waals surface area (Å²) < 4.78 is 0. The fraction of sp³-hybridized carbons (Fsp3) is 0.217. The summed E-state index contributed by atoms with van der Waals surface area (Å²) >= 11 is 0. The Morgan fingerprint density at radius 1 is 0.852 bits per heavy atom. The van der Waals surface area contributed by atoms with Gasteiger partial charge >= 0.3 is 0 Å². The number of benzene rings is 2. The van der Waals surface area contributed by atoms with Crippen LogP contribution >= 0.6 is 0 Å². The van der Waals surface area contributed by atoms with Crippen LogP contribution in [-0.4, -0.2) is 42.4 Å². The smallest absolute Gasteiger partial charge is 0.140 e. The van der Waals surface area contributed by atoms with Gasteiger partial charge in [0.05, 0.1) is 32.4 Å². The Morgan fingerprint density at radius 2 is 1.44 bits per heavy atom. The van der Waals surface area contributed by atoms with Gasteiger partial charge in [0, 0.05) is 23.5 Å². The largest absolute Gasteiger partial charge is 0.322 e. The average Bonchev–Trinajstić information content (AvgIpc) is 3.08. The van der Waals surface area contributed by atoms with Gasteiger partial charge in [-0.3, -0.25) is 9.99 Å². The lowest BCUT2D eigenvalue weighted by molar-refractivity contribution is -0.929. The van der Waals surface area contributed by atoms with Gasteiger partial charge < -0.3 is 4.90 Å². The molecule has 1 aliphatic carbocycles. The van der Waals surface area contributed by atoms with E-state index in [1.165, 1.54) is 22.3 Å². The standard InChI is InChI=1S/C23H22N4/c1-3-7-21-19(5-1)20-6-2-4-8-22(20)23(21)26-13-15-27(16-14-26)25-17-18-9-11-24-12-10-18/h1-12,17,23H,13-16H2/p+1/b25-17+. The molecule has 0 amide bonds. The Morgan fingerprint density at radius 3 is 2.07 bits per heavy atom. The maximum Gasteiger partial charge on any atom is 0.140 e. The second kappa shape index (κ2) is 6.97. The fourth-order valence-corrected chi connectivity index (χ4v) is 4.38. The third-order valence-corrected chi connectivity index (χ3v) is 5.70. The molecule has 1 aliphatic heterocycles. The maximum absolute atomic E-state index is 4.67. The molecule has 27 heavy (non-hydrogen) atoms. The number of rotatable bonds is 3. The molecular weight excluding hydrogens is 332 g/mol. The van der Waals surface area contributed by atoms with Gasteiger partial charge in [0.1, 0.15) is 6.04 Å². The van der Waals surface area contributed by atoms with E-state index in [9.17, 15) is 0 Å². The van der Waals surface area contributed by atoms with Gasteiger partial charge in [-0.2, -0.15) is 5.10 Å². The molecule has 2 aromatic carbocycles. The van der Waals surface area contributed by atoms with Crippen LogP contribution in [0.15, 0.2) is 78.2 Å². The summed E-state index contributed by atoms with van der Waals surface area (Å²) in [5.74, 6) is 0. The highest BCUT2D eigenvalue weighted by atomic mass is 15.5. The molecule has 2 heterocycles. The van der Waals surface area contributed by atoms with Crippen molar-refractivity contribution in [2.24, 2.45) is 5.10 Å². The second-order valence-electron chi connectivity index (χ2n) is 7.24. The van der Waals surface area contributed by atoms with Crippen molar-refractivity contribution in [3.63, 3.8) is 0 Å². The van der Waals surface area contributed by atoms with Crippen molar-refractivity contribution in [1.29, 1.82) is 0 Å². The van der Waals surface area contributed by atoms with Crippen LogP contribution < -0.4 is 4.90 Å². The van der Waals surface area contributed by atoms with Crippen LogP contribution in [0.1, 0.15) is 22.7 Å². The van der Waals surface area contributed by atoms with Crippen molar-refractivity contribution < 1.29 is 4.90 Å². The number of aromatic nitrogens is 1. The normalized spacial score (nSPS) is 17.3. The first kappa shape index (κ1) is 16.2. The molecule has 5 rings (SSSR count). The van der Waals surface area contributed by atoms with Crippen LogP contribution in [0.5, 0.6) is 0 Å². The number of nitrogens with one attached hydrogen (secondary N) is 1. The van der Waals surface area contributed by atoms with Gasteiger partial charge in [-0.05, 0) is 28.8 Å². The zero-order chi connectivity index (χ0) is 18.1. The first-order valence-corrected chi connectivity index (χ1v) is 9.62. The summed E-state index contributed by atoms with van der Waals surface area (Å²) in [6.07, 6.45) is 5.55. The number of quaternary nitrogens is 1. The van der Waals surface area contributed by atoms with Crippen LogP contribution in [0, 0.1) is 0 Å².